The molecule has 1 saturated heterocycles. The van der Waals surface area contributed by atoms with Crippen LogP contribution >= 0.6 is 0 Å². The predicted molar refractivity (Wildman–Crippen MR) is 106 cm³/mol. The molecule has 27 heavy (non-hydrogen) atoms. The minimum absolute atomic E-state index is 0.0889. The molecular weight excluding hydrogens is 338 g/mol. The van der Waals surface area contributed by atoms with Crippen LogP contribution in [0.2, 0.25) is 0 Å². The second kappa shape index (κ2) is 7.67. The van der Waals surface area contributed by atoms with Gasteiger partial charge in [-0.15, -0.1) is 0 Å². The van der Waals surface area contributed by atoms with Gasteiger partial charge in [-0.05, 0) is 37.0 Å². The van der Waals surface area contributed by atoms with Crippen molar-refractivity contribution in [2.75, 3.05) is 13.1 Å². The molecule has 0 bridgehead atoms. The number of likely N-dealkylation sites (tertiary alicyclic amines) is 1. The molecule has 1 fully saturated rings. The van der Waals surface area contributed by atoms with E-state index in [0.29, 0.717) is 19.0 Å². The number of benzene rings is 1. The smallest absolute Gasteiger partial charge is 0.253 e. The summed E-state index contributed by atoms with van der Waals surface area (Å²) in [5.41, 5.74) is 2.99. The van der Waals surface area contributed by atoms with Gasteiger partial charge in [-0.25, -0.2) is 4.98 Å². The summed E-state index contributed by atoms with van der Waals surface area (Å²) in [6.45, 7) is 11.7. The molecule has 1 amide bonds. The second-order valence-electron chi connectivity index (χ2n) is 8.33. The molecule has 2 aromatic rings. The van der Waals surface area contributed by atoms with E-state index in [1.54, 1.807) is 0 Å². The molecule has 0 atom stereocenters. The van der Waals surface area contributed by atoms with Crippen LogP contribution in [0.15, 0.2) is 30.3 Å². The van der Waals surface area contributed by atoms with Crippen LogP contribution < -0.4 is 4.74 Å². The number of rotatable bonds is 3. The number of ether oxygens (including phenoxy) is 1. The van der Waals surface area contributed by atoms with Gasteiger partial charge in [0.25, 0.3) is 5.91 Å². The topological polar surface area (TPSA) is 55.3 Å². The van der Waals surface area contributed by atoms with Gasteiger partial charge in [-0.3, -0.25) is 4.79 Å². The fourth-order valence-electron chi connectivity index (χ4n) is 3.39. The first-order chi connectivity index (χ1) is 12.7. The van der Waals surface area contributed by atoms with Gasteiger partial charge in [0.15, 0.2) is 0 Å². The lowest BCUT2D eigenvalue weighted by molar-refractivity contribution is 0.0587. The highest BCUT2D eigenvalue weighted by Gasteiger charge is 2.25. The predicted octanol–water partition coefficient (Wildman–Crippen LogP) is 4.07. The fourth-order valence-corrected chi connectivity index (χ4v) is 3.39. The maximum atomic E-state index is 12.8. The highest BCUT2D eigenvalue weighted by atomic mass is 16.5. The summed E-state index contributed by atoms with van der Waals surface area (Å²) in [7, 11) is 0. The Balaban J connectivity index is 1.57. The monoisotopic (exact) mass is 367 g/mol. The van der Waals surface area contributed by atoms with E-state index in [4.69, 9.17) is 4.74 Å². The van der Waals surface area contributed by atoms with Crippen molar-refractivity contribution in [1.29, 1.82) is 0 Å². The molecule has 5 heteroatoms. The lowest BCUT2D eigenvalue weighted by Gasteiger charge is -2.32. The average molecular weight is 367 g/mol. The van der Waals surface area contributed by atoms with Crippen LogP contribution in [0.25, 0.3) is 0 Å². The number of piperidine rings is 1. The van der Waals surface area contributed by atoms with Crippen LogP contribution in [-0.2, 0) is 5.41 Å². The van der Waals surface area contributed by atoms with Crippen LogP contribution in [0, 0.1) is 13.8 Å². The Morgan fingerprint density at radius 1 is 1.07 bits per heavy atom. The van der Waals surface area contributed by atoms with Crippen LogP contribution in [0.5, 0.6) is 5.88 Å². The van der Waals surface area contributed by atoms with Crippen molar-refractivity contribution in [3.8, 4) is 5.88 Å². The Morgan fingerprint density at radius 2 is 1.70 bits per heavy atom. The molecule has 0 unspecified atom stereocenters. The van der Waals surface area contributed by atoms with Crippen LogP contribution in [0.1, 0.15) is 61.1 Å². The third-order valence-corrected chi connectivity index (χ3v) is 4.96. The van der Waals surface area contributed by atoms with Crippen molar-refractivity contribution in [3.63, 3.8) is 0 Å². The molecule has 3 rings (SSSR count). The third-order valence-electron chi connectivity index (χ3n) is 4.96. The number of aromatic nitrogens is 2. The summed E-state index contributed by atoms with van der Waals surface area (Å²) in [6, 6.07) is 9.86. The number of amides is 1. The largest absolute Gasteiger partial charge is 0.474 e. The van der Waals surface area contributed by atoms with E-state index < -0.39 is 0 Å². The molecule has 0 N–H and O–H groups in total. The molecule has 5 nitrogen and oxygen atoms in total. The summed E-state index contributed by atoms with van der Waals surface area (Å²) < 4.78 is 6.01. The highest BCUT2D eigenvalue weighted by Crippen LogP contribution is 2.24. The quantitative estimate of drug-likeness (QED) is 0.820. The molecule has 1 aromatic carbocycles. The first kappa shape index (κ1) is 19.3. The Labute approximate surface area is 161 Å². The van der Waals surface area contributed by atoms with E-state index in [1.807, 2.05) is 36.9 Å². The van der Waals surface area contributed by atoms with E-state index >= 15 is 0 Å². The van der Waals surface area contributed by atoms with Crippen molar-refractivity contribution in [2.24, 2.45) is 0 Å². The van der Waals surface area contributed by atoms with Crippen molar-refractivity contribution in [2.45, 2.75) is 59.0 Å². The molecule has 0 saturated carbocycles. The molecule has 1 aliphatic rings. The molecule has 0 aliphatic carbocycles. The number of aryl methyl sites for hydroxylation is 2. The third kappa shape index (κ3) is 4.85. The molecule has 144 valence electrons. The standard InChI is InChI=1S/C22H29N3O2/c1-15-14-20(24-16(2)23-15)27-19-10-12-25(13-11-19)21(26)17-6-8-18(9-7-17)22(3,4)5/h6-9,14,19H,10-13H2,1-5H3. The zero-order chi connectivity index (χ0) is 19.6. The fraction of sp³-hybridized carbons (Fsp3) is 0.500. The van der Waals surface area contributed by atoms with Crippen molar-refractivity contribution in [3.05, 3.63) is 53.0 Å². The summed E-state index contributed by atoms with van der Waals surface area (Å²) >= 11 is 0. The van der Waals surface area contributed by atoms with E-state index in [1.165, 1.54) is 5.56 Å². The summed E-state index contributed by atoms with van der Waals surface area (Å²) in [6.07, 6.45) is 1.72. The highest BCUT2D eigenvalue weighted by molar-refractivity contribution is 5.94. The lowest BCUT2D eigenvalue weighted by atomic mass is 9.86. The van der Waals surface area contributed by atoms with E-state index in [-0.39, 0.29) is 17.4 Å². The first-order valence-corrected chi connectivity index (χ1v) is 9.61. The van der Waals surface area contributed by atoms with Gasteiger partial charge in [0, 0.05) is 43.3 Å². The SMILES string of the molecule is Cc1cc(OC2CCN(C(=O)c3ccc(C(C)(C)C)cc3)CC2)nc(C)n1. The molecular formula is C22H29N3O2. The number of hydrogen-bond acceptors (Lipinski definition) is 4. The Kier molecular flexibility index (Phi) is 5.49. The van der Waals surface area contributed by atoms with Crippen molar-refractivity contribution < 1.29 is 9.53 Å². The van der Waals surface area contributed by atoms with Gasteiger partial charge in [0.05, 0.1) is 0 Å². The van der Waals surface area contributed by atoms with Gasteiger partial charge in [-0.1, -0.05) is 32.9 Å². The normalized spacial score (nSPS) is 15.7. The zero-order valence-electron chi connectivity index (χ0n) is 17.0. The molecule has 1 aromatic heterocycles. The lowest BCUT2D eigenvalue weighted by Crippen LogP contribution is -2.41. The van der Waals surface area contributed by atoms with Gasteiger partial charge < -0.3 is 9.64 Å². The van der Waals surface area contributed by atoms with Crippen molar-refractivity contribution >= 4 is 5.91 Å². The molecule has 0 spiro atoms. The Morgan fingerprint density at radius 3 is 2.26 bits per heavy atom. The number of nitrogens with zero attached hydrogens (tertiary/aromatic N) is 3. The average Bonchev–Trinajstić information content (AvgIpc) is 2.60. The summed E-state index contributed by atoms with van der Waals surface area (Å²) in [5, 5.41) is 0. The van der Waals surface area contributed by atoms with E-state index in [2.05, 4.69) is 42.9 Å². The Bertz CT molecular complexity index is 781. The van der Waals surface area contributed by atoms with Crippen LogP contribution in [-0.4, -0.2) is 40.0 Å². The molecule has 0 radical (unpaired) electrons. The van der Waals surface area contributed by atoms with Crippen molar-refractivity contribution in [1.82, 2.24) is 14.9 Å². The zero-order valence-corrected chi connectivity index (χ0v) is 17.0. The summed E-state index contributed by atoms with van der Waals surface area (Å²) in [5.74, 6) is 1.45. The minimum atomic E-state index is 0.0889. The van der Waals surface area contributed by atoms with E-state index in [9.17, 15) is 4.79 Å². The Hall–Kier alpha value is -2.43. The summed E-state index contributed by atoms with van der Waals surface area (Å²) in [4.78, 5) is 23.3. The minimum Gasteiger partial charge on any atom is -0.474 e. The number of carbonyl (C=O) groups is 1. The number of hydrogen-bond donors (Lipinski definition) is 0. The van der Waals surface area contributed by atoms with Crippen LogP contribution in [0.4, 0.5) is 0 Å². The molecule has 1 aliphatic heterocycles. The van der Waals surface area contributed by atoms with Crippen LogP contribution in [0.3, 0.4) is 0 Å². The van der Waals surface area contributed by atoms with Gasteiger partial charge in [0.2, 0.25) is 5.88 Å². The first-order valence-electron chi connectivity index (χ1n) is 9.61. The maximum Gasteiger partial charge on any atom is 0.253 e. The second-order valence-corrected chi connectivity index (χ2v) is 8.33. The van der Waals surface area contributed by atoms with E-state index in [0.717, 1.165) is 29.9 Å². The van der Waals surface area contributed by atoms with Gasteiger partial charge >= 0.3 is 0 Å². The molecule has 2 heterocycles. The maximum absolute atomic E-state index is 12.8. The van der Waals surface area contributed by atoms with Gasteiger partial charge in [-0.2, -0.15) is 4.98 Å². The van der Waals surface area contributed by atoms with Gasteiger partial charge in [0.1, 0.15) is 11.9 Å². The number of carbonyl (C=O) groups excluding carboxylic acids is 1.